The summed E-state index contributed by atoms with van der Waals surface area (Å²) < 4.78 is 88.1. The van der Waals surface area contributed by atoms with Crippen molar-refractivity contribution in [2.24, 2.45) is 5.73 Å². The number of fused-ring (bicyclic) bond motifs is 9. The van der Waals surface area contributed by atoms with E-state index in [1.807, 2.05) is 4.57 Å². The van der Waals surface area contributed by atoms with Crippen molar-refractivity contribution in [1.29, 1.82) is 0 Å². The molecule has 1 saturated carbocycles. The number of alkyl halides is 5. The molecule has 43 heavy (non-hydrogen) atoms. The van der Waals surface area contributed by atoms with Crippen LogP contribution in [0.3, 0.4) is 0 Å². The maximum absolute atomic E-state index is 15.3. The molecule has 1 aliphatic carbocycles. The first kappa shape index (κ1) is 27.7. The molecule has 4 heterocycles. The van der Waals surface area contributed by atoms with Gasteiger partial charge < -0.3 is 25.0 Å². The summed E-state index contributed by atoms with van der Waals surface area (Å²) in [6.07, 6.45) is -5.08. The SMILES string of the molecule is CN1C(=O)c2cccc(OC(F)F)c2C2CC1c1nc3ccc(-c4cnc(C5(N)CC(O)(C(F)(F)F)C5)c(F)c4)cc3n12. The van der Waals surface area contributed by atoms with E-state index in [4.69, 9.17) is 15.5 Å². The zero-order chi connectivity index (χ0) is 30.6. The average molecular weight is 604 g/mol. The lowest BCUT2D eigenvalue weighted by Crippen LogP contribution is -2.66. The number of amides is 1. The summed E-state index contributed by atoms with van der Waals surface area (Å²) in [6.45, 7) is -3.11. The summed E-state index contributed by atoms with van der Waals surface area (Å²) in [5.74, 6) is -0.826. The van der Waals surface area contributed by atoms with Gasteiger partial charge in [0.15, 0.2) is 5.60 Å². The lowest BCUT2D eigenvalue weighted by molar-refractivity contribution is -0.304. The van der Waals surface area contributed by atoms with Gasteiger partial charge in [0.05, 0.1) is 34.3 Å². The van der Waals surface area contributed by atoms with Gasteiger partial charge in [-0.1, -0.05) is 12.1 Å². The first-order chi connectivity index (χ1) is 20.2. The Morgan fingerprint density at radius 3 is 2.53 bits per heavy atom. The van der Waals surface area contributed by atoms with Gasteiger partial charge in [-0.2, -0.15) is 22.0 Å². The van der Waals surface area contributed by atoms with Crippen LogP contribution in [0.1, 0.15) is 58.8 Å². The van der Waals surface area contributed by atoms with Crippen molar-refractivity contribution >= 4 is 16.9 Å². The number of ether oxygens (including phenoxy) is 1. The van der Waals surface area contributed by atoms with E-state index in [-0.39, 0.29) is 22.9 Å². The van der Waals surface area contributed by atoms with Gasteiger partial charge in [0, 0.05) is 49.2 Å². The second-order valence-corrected chi connectivity index (χ2v) is 11.4. The molecule has 1 amide bonds. The van der Waals surface area contributed by atoms with Crippen LogP contribution in [-0.2, 0) is 5.54 Å². The van der Waals surface area contributed by atoms with Crippen LogP contribution in [0, 0.1) is 5.82 Å². The third-order valence-corrected chi connectivity index (χ3v) is 8.80. The van der Waals surface area contributed by atoms with Crippen LogP contribution in [-0.4, -0.2) is 55.9 Å². The van der Waals surface area contributed by atoms with Crippen molar-refractivity contribution < 1.29 is 41.0 Å². The van der Waals surface area contributed by atoms with Crippen LogP contribution in [0.15, 0.2) is 48.7 Å². The molecular formula is C29H23F6N5O3. The molecule has 8 nitrogen and oxygen atoms in total. The summed E-state index contributed by atoms with van der Waals surface area (Å²) in [7, 11) is 1.62. The van der Waals surface area contributed by atoms with Gasteiger partial charge in [-0.25, -0.2) is 9.37 Å². The molecule has 0 radical (unpaired) electrons. The Labute approximate surface area is 239 Å². The van der Waals surface area contributed by atoms with Gasteiger partial charge in [-0.15, -0.1) is 0 Å². The number of imidazole rings is 1. The van der Waals surface area contributed by atoms with Gasteiger partial charge in [-0.3, -0.25) is 9.78 Å². The Balaban J connectivity index is 1.30. The molecule has 2 aromatic carbocycles. The monoisotopic (exact) mass is 603 g/mol. The summed E-state index contributed by atoms with van der Waals surface area (Å²) in [5.41, 5.74) is 3.35. The van der Waals surface area contributed by atoms with Crippen molar-refractivity contribution in [3.63, 3.8) is 0 Å². The first-order valence-corrected chi connectivity index (χ1v) is 13.3. The van der Waals surface area contributed by atoms with Crippen molar-refractivity contribution in [2.75, 3.05) is 7.05 Å². The van der Waals surface area contributed by atoms with E-state index in [0.717, 1.165) is 6.07 Å². The fraction of sp³-hybridized carbons (Fsp3) is 0.345. The number of aliphatic hydroxyl groups is 1. The van der Waals surface area contributed by atoms with Crippen LogP contribution in [0.2, 0.25) is 0 Å². The molecule has 2 bridgehead atoms. The van der Waals surface area contributed by atoms with Crippen molar-refractivity contribution in [3.05, 3.63) is 77.1 Å². The topological polar surface area (TPSA) is 106 Å². The highest BCUT2D eigenvalue weighted by molar-refractivity contribution is 5.98. The van der Waals surface area contributed by atoms with Gasteiger partial charge >= 0.3 is 12.8 Å². The number of aromatic nitrogens is 3. The van der Waals surface area contributed by atoms with Crippen molar-refractivity contribution in [2.45, 2.75) is 55.3 Å². The largest absolute Gasteiger partial charge is 0.434 e. The molecule has 2 aliphatic heterocycles. The van der Waals surface area contributed by atoms with Gasteiger partial charge in [0.1, 0.15) is 17.4 Å². The first-order valence-electron chi connectivity index (χ1n) is 13.3. The number of carbonyl (C=O) groups excluding carboxylic acids is 1. The third kappa shape index (κ3) is 3.95. The molecule has 0 spiro atoms. The number of pyridine rings is 1. The highest BCUT2D eigenvalue weighted by atomic mass is 19.4. The fourth-order valence-electron chi connectivity index (χ4n) is 6.78. The average Bonchev–Trinajstić information content (AvgIpc) is 3.44. The molecule has 7 rings (SSSR count). The van der Waals surface area contributed by atoms with Crippen LogP contribution in [0.5, 0.6) is 5.75 Å². The number of nitrogens with two attached hydrogens (primary N) is 1. The highest BCUT2D eigenvalue weighted by Crippen LogP contribution is 2.54. The Hall–Kier alpha value is -4.17. The summed E-state index contributed by atoms with van der Waals surface area (Å²) in [5, 5.41) is 9.83. The number of carbonyl (C=O) groups is 1. The van der Waals surface area contributed by atoms with E-state index in [2.05, 4.69) is 4.98 Å². The minimum absolute atomic E-state index is 0.114. The smallest absolute Gasteiger partial charge is 0.417 e. The highest BCUT2D eigenvalue weighted by Gasteiger charge is 2.67. The fourth-order valence-corrected chi connectivity index (χ4v) is 6.78. The number of halogens is 6. The Bertz CT molecular complexity index is 1820. The molecule has 224 valence electrons. The predicted molar refractivity (Wildman–Crippen MR) is 140 cm³/mol. The number of hydrogen-bond acceptors (Lipinski definition) is 6. The zero-order valence-electron chi connectivity index (χ0n) is 22.4. The van der Waals surface area contributed by atoms with E-state index in [1.165, 1.54) is 23.2 Å². The second-order valence-electron chi connectivity index (χ2n) is 11.4. The number of benzene rings is 2. The normalized spacial score (nSPS) is 26.4. The molecule has 2 unspecified atom stereocenters. The van der Waals surface area contributed by atoms with Gasteiger partial charge in [0.2, 0.25) is 0 Å². The maximum Gasteiger partial charge on any atom is 0.417 e. The molecular weight excluding hydrogens is 580 g/mol. The Morgan fingerprint density at radius 1 is 1.12 bits per heavy atom. The summed E-state index contributed by atoms with van der Waals surface area (Å²) >= 11 is 0. The molecule has 14 heteroatoms. The molecule has 2 aromatic heterocycles. The zero-order valence-corrected chi connectivity index (χ0v) is 22.4. The lowest BCUT2D eigenvalue weighted by atomic mass is 9.63. The molecule has 0 saturated heterocycles. The Morgan fingerprint density at radius 2 is 1.86 bits per heavy atom. The van der Waals surface area contributed by atoms with E-state index in [9.17, 15) is 31.9 Å². The van der Waals surface area contributed by atoms with Crippen LogP contribution in [0.25, 0.3) is 22.2 Å². The molecule has 4 aromatic rings. The van der Waals surface area contributed by atoms with Crippen LogP contribution >= 0.6 is 0 Å². The van der Waals surface area contributed by atoms with Gasteiger partial charge in [0.25, 0.3) is 5.91 Å². The van der Waals surface area contributed by atoms with Crippen molar-refractivity contribution in [3.8, 4) is 16.9 Å². The van der Waals surface area contributed by atoms with Crippen LogP contribution in [0.4, 0.5) is 26.3 Å². The minimum Gasteiger partial charge on any atom is -0.434 e. The second kappa shape index (κ2) is 8.92. The predicted octanol–water partition coefficient (Wildman–Crippen LogP) is 5.20. The van der Waals surface area contributed by atoms with Gasteiger partial charge in [-0.05, 0) is 35.9 Å². The number of nitrogens with zero attached hydrogens (tertiary/aromatic N) is 4. The molecule has 2 atom stereocenters. The lowest BCUT2D eigenvalue weighted by Gasteiger charge is -2.51. The quantitative estimate of drug-likeness (QED) is 0.311. The summed E-state index contributed by atoms with van der Waals surface area (Å²) in [6, 6.07) is 9.62. The maximum atomic E-state index is 15.3. The van der Waals surface area contributed by atoms with E-state index in [1.54, 1.807) is 31.3 Å². The van der Waals surface area contributed by atoms with Crippen molar-refractivity contribution in [1.82, 2.24) is 19.4 Å². The molecule has 1 fully saturated rings. The summed E-state index contributed by atoms with van der Waals surface area (Å²) in [4.78, 5) is 23.6. The molecule has 3 N–H and O–H groups in total. The third-order valence-electron chi connectivity index (χ3n) is 8.80. The standard InChI is InChI=1S/C29H23F6N5O3/c1-39-20-9-19(22-15(25(39)41)3-2-4-21(22)43-26(31)32)40-18-8-13(5-6-17(18)38-24(20)40)14-7-16(30)23(37-10-14)27(36)11-28(42,12-27)29(33,34)35/h2-8,10,19-20,26,42H,9,11-12,36H2,1H3. The minimum atomic E-state index is -4.90. The van der Waals surface area contributed by atoms with E-state index < -0.39 is 54.7 Å². The number of hydrogen-bond donors (Lipinski definition) is 2. The molecule has 3 aliphatic rings. The number of rotatable bonds is 4. The van der Waals surface area contributed by atoms with Crippen LogP contribution < -0.4 is 10.5 Å². The Kier molecular flexibility index (Phi) is 5.74. The van der Waals surface area contributed by atoms with E-state index in [0.29, 0.717) is 40.0 Å². The van der Waals surface area contributed by atoms with E-state index >= 15 is 4.39 Å².